The van der Waals surface area contributed by atoms with E-state index in [1.165, 1.54) is 63.8 Å². The number of rotatable bonds is 3. The summed E-state index contributed by atoms with van der Waals surface area (Å²) in [4.78, 5) is 14.9. The van der Waals surface area contributed by atoms with Crippen LogP contribution in [0, 0.1) is 26.0 Å². The second kappa shape index (κ2) is 14.3. The molecule has 1 aliphatic carbocycles. The van der Waals surface area contributed by atoms with Gasteiger partial charge in [0.2, 0.25) is 0 Å². The van der Waals surface area contributed by atoms with Crippen molar-refractivity contribution >= 4 is 64.0 Å². The number of aromatic nitrogens is 3. The van der Waals surface area contributed by atoms with E-state index in [1.807, 2.05) is 29.5 Å². The molecule has 56 heavy (non-hydrogen) atoms. The fraction of sp³-hybridized carbons (Fsp3) is 0.100. The number of benzene rings is 7. The molecule has 0 saturated carbocycles. The van der Waals surface area contributed by atoms with Gasteiger partial charge in [0.25, 0.3) is 0 Å². The van der Waals surface area contributed by atoms with Gasteiger partial charge >= 0.3 is 0 Å². The number of para-hydroxylation sites is 2. The van der Waals surface area contributed by atoms with Gasteiger partial charge in [-0.2, -0.15) is 22.7 Å². The van der Waals surface area contributed by atoms with Crippen LogP contribution in [-0.4, -0.2) is 15.0 Å². The fourth-order valence-electron chi connectivity index (χ4n) is 8.17. The van der Waals surface area contributed by atoms with Crippen molar-refractivity contribution < 1.29 is 20.1 Å². The second-order valence-electron chi connectivity index (χ2n) is 14.7. The average molecular weight is 934 g/mol. The Balaban J connectivity index is 0.000000155. The van der Waals surface area contributed by atoms with Gasteiger partial charge in [0.05, 0.1) is 22.6 Å². The van der Waals surface area contributed by atoms with Crippen LogP contribution in [0.3, 0.4) is 0 Å². The molecule has 0 bridgehead atoms. The Morgan fingerprint density at radius 3 is 2.07 bits per heavy atom. The van der Waals surface area contributed by atoms with Gasteiger partial charge < -0.3 is 0 Å². The van der Waals surface area contributed by atoms with E-state index in [0.717, 1.165) is 44.1 Å². The second-order valence-corrected chi connectivity index (χ2v) is 16.8. The van der Waals surface area contributed by atoms with Crippen molar-refractivity contribution in [3.8, 4) is 44.3 Å². The van der Waals surface area contributed by atoms with Crippen molar-refractivity contribution in [2.24, 2.45) is 0 Å². The van der Waals surface area contributed by atoms with Crippen molar-refractivity contribution in [3.05, 3.63) is 174 Å². The third-order valence-electron chi connectivity index (χ3n) is 10.9. The van der Waals surface area contributed by atoms with Gasteiger partial charge in [0.15, 0.2) is 0 Å². The maximum absolute atomic E-state index is 5.14. The largest absolute Gasteiger partial charge is 0.285 e. The van der Waals surface area contributed by atoms with Crippen LogP contribution in [0.1, 0.15) is 36.1 Å². The van der Waals surface area contributed by atoms with Gasteiger partial charge in [-0.1, -0.05) is 121 Å². The van der Waals surface area contributed by atoms with Crippen LogP contribution in [0.4, 0.5) is 0 Å². The molecule has 3 heterocycles. The van der Waals surface area contributed by atoms with Crippen molar-refractivity contribution in [2.45, 2.75) is 33.1 Å². The monoisotopic (exact) mass is 934 g/mol. The number of hydrogen-bond acceptors (Lipinski definition) is 5. The zero-order valence-corrected chi connectivity index (χ0v) is 35.3. The number of nitrogens with zero attached hydrogens (tertiary/aromatic N) is 3. The molecule has 6 heteroatoms. The van der Waals surface area contributed by atoms with Gasteiger partial charge in [-0.05, 0) is 75.9 Å². The molecule has 0 spiro atoms. The summed E-state index contributed by atoms with van der Waals surface area (Å²) in [5.41, 5.74) is 13.9. The summed E-state index contributed by atoms with van der Waals surface area (Å²) in [7, 11) is 0. The van der Waals surface area contributed by atoms with Gasteiger partial charge in [0, 0.05) is 45.5 Å². The van der Waals surface area contributed by atoms with E-state index in [9.17, 15) is 0 Å². The van der Waals surface area contributed by atoms with Crippen molar-refractivity contribution in [1.82, 2.24) is 15.0 Å². The molecule has 0 N–H and O–H groups in total. The van der Waals surface area contributed by atoms with E-state index in [4.69, 9.17) is 15.0 Å². The topological polar surface area (TPSA) is 38.7 Å². The molecule has 1 radical (unpaired) electrons. The smallest absolute Gasteiger partial charge is 0.0763 e. The first kappa shape index (κ1) is 36.3. The summed E-state index contributed by atoms with van der Waals surface area (Å²) in [6.07, 6.45) is 0. The van der Waals surface area contributed by atoms with Crippen LogP contribution in [-0.2, 0) is 25.5 Å². The van der Waals surface area contributed by atoms with Crippen LogP contribution in [0.15, 0.2) is 140 Å². The molecule has 0 saturated heterocycles. The summed E-state index contributed by atoms with van der Waals surface area (Å²) in [5, 5.41) is 4.75. The molecule has 0 unspecified atom stereocenters. The van der Waals surface area contributed by atoms with Gasteiger partial charge in [0.1, 0.15) is 0 Å². The molecule has 3 aromatic heterocycles. The van der Waals surface area contributed by atoms with Crippen molar-refractivity contribution in [1.29, 1.82) is 0 Å². The van der Waals surface area contributed by atoms with Gasteiger partial charge in [-0.3, -0.25) is 15.0 Å². The van der Waals surface area contributed by atoms with Gasteiger partial charge in [-0.15, -0.1) is 47.5 Å². The van der Waals surface area contributed by atoms with Crippen LogP contribution in [0.25, 0.3) is 85.6 Å². The quantitative estimate of drug-likeness (QED) is 0.166. The third-order valence-corrected chi connectivity index (χ3v) is 13.2. The number of hydrogen-bond donors (Lipinski definition) is 0. The molecule has 0 fully saturated rings. The summed E-state index contributed by atoms with van der Waals surface area (Å²) in [6, 6.07) is 55.7. The summed E-state index contributed by atoms with van der Waals surface area (Å²) < 4.78 is 3.83. The molecule has 10 aromatic rings. The normalized spacial score (nSPS) is 12.6. The first-order valence-corrected chi connectivity index (χ1v) is 20.2. The zero-order chi connectivity index (χ0) is 37.3. The Kier molecular flexibility index (Phi) is 9.26. The zero-order valence-electron chi connectivity index (χ0n) is 31.3. The molecule has 1 aliphatic rings. The summed E-state index contributed by atoms with van der Waals surface area (Å²) >= 11 is 3.57. The Labute approximate surface area is 348 Å². The number of thiazole rings is 1. The predicted octanol–water partition coefficient (Wildman–Crippen LogP) is 13.8. The van der Waals surface area contributed by atoms with Crippen molar-refractivity contribution in [2.75, 3.05) is 0 Å². The maximum Gasteiger partial charge on any atom is 0.0763 e. The predicted molar refractivity (Wildman–Crippen MR) is 233 cm³/mol. The van der Waals surface area contributed by atoms with Crippen LogP contribution < -0.4 is 0 Å². The number of thiophene rings is 1. The van der Waals surface area contributed by atoms with E-state index in [0.29, 0.717) is 0 Å². The molecule has 0 amide bonds. The van der Waals surface area contributed by atoms with E-state index in [2.05, 4.69) is 161 Å². The minimum Gasteiger partial charge on any atom is -0.285 e. The Morgan fingerprint density at radius 2 is 1.27 bits per heavy atom. The molecular weight excluding hydrogens is 899 g/mol. The van der Waals surface area contributed by atoms with Crippen LogP contribution in [0.5, 0.6) is 0 Å². The first-order valence-electron chi connectivity index (χ1n) is 18.5. The molecule has 7 aromatic carbocycles. The summed E-state index contributed by atoms with van der Waals surface area (Å²) in [5.74, 6) is 0.719. The van der Waals surface area contributed by atoms with Crippen molar-refractivity contribution in [3.63, 3.8) is 0 Å². The Morgan fingerprint density at radius 1 is 0.571 bits per heavy atom. The van der Waals surface area contributed by atoms with Crippen LogP contribution in [0.2, 0.25) is 0 Å². The first-order chi connectivity index (χ1) is 26.8. The summed E-state index contributed by atoms with van der Waals surface area (Å²) in [6.45, 7) is 8.88. The third kappa shape index (κ3) is 6.00. The van der Waals surface area contributed by atoms with E-state index in [1.54, 1.807) is 11.3 Å². The Bertz CT molecular complexity index is 3070. The molecular formula is C50H35IrN3S2-2. The minimum atomic E-state index is -0.0331. The molecule has 0 aliphatic heterocycles. The SMILES string of the molecule is Cc1cccc(C)c1-c1nc(-c2[c-]cc3c(c2)-c2ccccc2C3(C)C)nc2ccccc12.[Ir].[c-]1ccc2c(sc3ccccc32)c1-c1nc2ccccc2s1. The average Bonchev–Trinajstić information content (AvgIpc) is 3.88. The molecule has 3 nitrogen and oxygen atoms in total. The van der Waals surface area contributed by atoms with Crippen LogP contribution >= 0.6 is 22.7 Å². The fourth-order valence-corrected chi connectivity index (χ4v) is 10.4. The maximum atomic E-state index is 5.14. The number of fused-ring (bicyclic) bond motifs is 8. The van der Waals surface area contributed by atoms with E-state index in [-0.39, 0.29) is 25.5 Å². The standard InChI is InChI=1S/C31H25N2.C19H10NS2.Ir/c1-19-10-9-11-20(2)28(19)29-23-13-6-8-15-27(23)32-30(33-29)21-16-17-26-24(18-21)22-12-5-7-14-25(22)31(26,3)4;1-3-10-16-12(6-1)13-7-5-8-14(18(13)21-16)19-20-15-9-2-4-11-17(15)22-19;/h5-15,17-18H,1-4H3;1-7,9-11H;/q2*-1;. The molecule has 11 rings (SSSR count). The molecule has 0 atom stereocenters. The Hall–Kier alpha value is -5.36. The minimum absolute atomic E-state index is 0. The van der Waals surface area contributed by atoms with E-state index < -0.39 is 0 Å². The van der Waals surface area contributed by atoms with Gasteiger partial charge in [-0.25, -0.2) is 0 Å². The van der Waals surface area contributed by atoms with E-state index >= 15 is 0 Å². The number of aryl methyl sites for hydroxylation is 2. The molecule has 273 valence electrons.